The van der Waals surface area contributed by atoms with Crippen molar-refractivity contribution < 1.29 is 4.74 Å². The van der Waals surface area contributed by atoms with Gasteiger partial charge in [0.15, 0.2) is 5.65 Å². The summed E-state index contributed by atoms with van der Waals surface area (Å²) in [4.78, 5) is 9.58. The molecule has 0 radical (unpaired) electrons. The number of aromatic nitrogens is 4. The normalized spacial score (nSPS) is 13.2. The van der Waals surface area contributed by atoms with E-state index in [-0.39, 0.29) is 18.0 Å². The Balaban J connectivity index is 1.71. The summed E-state index contributed by atoms with van der Waals surface area (Å²) in [6.45, 7) is 6.75. The molecule has 0 bridgehead atoms. The van der Waals surface area contributed by atoms with Gasteiger partial charge in [0.25, 0.3) is 0 Å². The molecule has 0 saturated heterocycles. The highest BCUT2D eigenvalue weighted by molar-refractivity contribution is 5.56. The van der Waals surface area contributed by atoms with E-state index >= 15 is 0 Å². The summed E-state index contributed by atoms with van der Waals surface area (Å²) in [6, 6.07) is 17.9. The zero-order valence-electron chi connectivity index (χ0n) is 19.5. The maximum atomic E-state index is 6.08. The number of anilines is 2. The molecule has 0 aliphatic rings. The summed E-state index contributed by atoms with van der Waals surface area (Å²) in [6.07, 6.45) is 1.86. The van der Waals surface area contributed by atoms with E-state index in [0.29, 0.717) is 18.4 Å². The molecule has 4 N–H and O–H groups in total. The first-order chi connectivity index (χ1) is 16.0. The third-order valence-electron chi connectivity index (χ3n) is 5.70. The van der Waals surface area contributed by atoms with E-state index in [1.165, 1.54) is 0 Å². The summed E-state index contributed by atoms with van der Waals surface area (Å²) in [5.74, 6) is 2.19. The fourth-order valence-corrected chi connectivity index (χ4v) is 3.77. The number of benzene rings is 2. The molecule has 0 aliphatic heterocycles. The van der Waals surface area contributed by atoms with Gasteiger partial charge in [0.05, 0.1) is 25.4 Å². The zero-order chi connectivity index (χ0) is 23.4. The van der Waals surface area contributed by atoms with E-state index in [2.05, 4.69) is 42.6 Å². The zero-order valence-corrected chi connectivity index (χ0v) is 19.5. The van der Waals surface area contributed by atoms with Crippen LogP contribution in [0.15, 0.2) is 60.8 Å². The van der Waals surface area contributed by atoms with Gasteiger partial charge in [-0.05, 0) is 36.1 Å². The highest BCUT2D eigenvalue weighted by atomic mass is 16.5. The van der Waals surface area contributed by atoms with Crippen LogP contribution < -0.4 is 21.1 Å². The SMILES string of the molecule is COc1cccc([C@H](C)Nc2nc(NC(CN)c3ccccc3)nc3c(C(C)C)cnn23)c1. The maximum absolute atomic E-state index is 6.08. The van der Waals surface area contributed by atoms with Crippen molar-refractivity contribution >= 4 is 17.5 Å². The van der Waals surface area contributed by atoms with Crippen LogP contribution in [-0.2, 0) is 0 Å². The van der Waals surface area contributed by atoms with Crippen LogP contribution in [-0.4, -0.2) is 33.2 Å². The van der Waals surface area contributed by atoms with Gasteiger partial charge in [0.1, 0.15) is 5.75 Å². The highest BCUT2D eigenvalue weighted by Gasteiger charge is 2.19. The monoisotopic (exact) mass is 445 g/mol. The fourth-order valence-electron chi connectivity index (χ4n) is 3.77. The topological polar surface area (TPSA) is 102 Å². The van der Waals surface area contributed by atoms with E-state index in [1.54, 1.807) is 11.6 Å². The van der Waals surface area contributed by atoms with Gasteiger partial charge in [0.2, 0.25) is 11.9 Å². The van der Waals surface area contributed by atoms with Gasteiger partial charge in [-0.3, -0.25) is 0 Å². The van der Waals surface area contributed by atoms with Crippen molar-refractivity contribution in [2.45, 2.75) is 38.8 Å². The van der Waals surface area contributed by atoms with E-state index in [4.69, 9.17) is 20.4 Å². The number of methoxy groups -OCH3 is 1. The molecule has 4 rings (SSSR count). The highest BCUT2D eigenvalue weighted by Crippen LogP contribution is 2.27. The lowest BCUT2D eigenvalue weighted by atomic mass is 10.1. The standard InChI is InChI=1S/C25H31N7O/c1-16(2)21-15-27-32-23(21)30-24(29-22(14-26)18-9-6-5-7-10-18)31-25(32)28-17(3)19-11-8-12-20(13-19)33-4/h5-13,15-17,22H,14,26H2,1-4H3,(H2,28,29,30,31)/t17-,22?/m0/s1. The van der Waals surface area contributed by atoms with Crippen molar-refractivity contribution in [3.8, 4) is 5.75 Å². The Bertz CT molecular complexity index is 1210. The Kier molecular flexibility index (Phi) is 6.74. The minimum atomic E-state index is -0.109. The number of nitrogens with zero attached hydrogens (tertiary/aromatic N) is 4. The molecule has 2 atom stereocenters. The average molecular weight is 446 g/mol. The van der Waals surface area contributed by atoms with Crippen LogP contribution in [0.5, 0.6) is 5.75 Å². The van der Waals surface area contributed by atoms with Crippen LogP contribution in [0.2, 0.25) is 0 Å². The quantitative estimate of drug-likeness (QED) is 0.347. The van der Waals surface area contributed by atoms with Crippen LogP contribution in [0, 0.1) is 0 Å². The minimum Gasteiger partial charge on any atom is -0.497 e. The van der Waals surface area contributed by atoms with Crippen molar-refractivity contribution in [3.63, 3.8) is 0 Å². The molecular weight excluding hydrogens is 414 g/mol. The smallest absolute Gasteiger partial charge is 0.229 e. The number of nitrogens with one attached hydrogen (secondary N) is 2. The van der Waals surface area contributed by atoms with E-state index < -0.39 is 0 Å². The largest absolute Gasteiger partial charge is 0.497 e. The summed E-state index contributed by atoms with van der Waals surface area (Å²) < 4.78 is 7.14. The molecule has 0 fully saturated rings. The van der Waals surface area contributed by atoms with Gasteiger partial charge in [-0.25, -0.2) is 0 Å². The Morgan fingerprint density at radius 3 is 2.42 bits per heavy atom. The number of nitrogens with two attached hydrogens (primary N) is 1. The molecule has 8 nitrogen and oxygen atoms in total. The van der Waals surface area contributed by atoms with Crippen LogP contribution >= 0.6 is 0 Å². The van der Waals surface area contributed by atoms with Crippen molar-refractivity contribution in [3.05, 3.63) is 77.5 Å². The van der Waals surface area contributed by atoms with Gasteiger partial charge in [-0.15, -0.1) is 0 Å². The predicted octanol–water partition coefficient (Wildman–Crippen LogP) is 4.54. The lowest BCUT2D eigenvalue weighted by Gasteiger charge is -2.20. The van der Waals surface area contributed by atoms with Crippen LogP contribution in [0.1, 0.15) is 55.5 Å². The van der Waals surface area contributed by atoms with E-state index in [1.807, 2.05) is 54.7 Å². The predicted molar refractivity (Wildman–Crippen MR) is 132 cm³/mol. The molecule has 0 aliphatic carbocycles. The van der Waals surface area contributed by atoms with Crippen molar-refractivity contribution in [2.75, 3.05) is 24.3 Å². The Morgan fingerprint density at radius 1 is 0.970 bits per heavy atom. The molecule has 0 amide bonds. The number of hydrogen-bond acceptors (Lipinski definition) is 7. The molecule has 2 aromatic carbocycles. The first kappa shape index (κ1) is 22.5. The van der Waals surface area contributed by atoms with Gasteiger partial charge in [-0.2, -0.15) is 19.6 Å². The molecule has 0 spiro atoms. The second kappa shape index (κ2) is 9.87. The molecule has 2 heterocycles. The third-order valence-corrected chi connectivity index (χ3v) is 5.70. The van der Waals surface area contributed by atoms with Crippen LogP contribution in [0.3, 0.4) is 0 Å². The maximum Gasteiger partial charge on any atom is 0.229 e. The second-order valence-corrected chi connectivity index (χ2v) is 8.35. The molecule has 0 saturated carbocycles. The Labute approximate surface area is 194 Å². The van der Waals surface area contributed by atoms with Gasteiger partial charge in [0, 0.05) is 12.1 Å². The first-order valence-electron chi connectivity index (χ1n) is 11.2. The summed E-state index contributed by atoms with van der Waals surface area (Å²) in [5.41, 5.74) is 10.1. The van der Waals surface area contributed by atoms with E-state index in [9.17, 15) is 0 Å². The molecule has 172 valence electrons. The number of fused-ring (bicyclic) bond motifs is 1. The summed E-state index contributed by atoms with van der Waals surface area (Å²) in [7, 11) is 1.67. The lowest BCUT2D eigenvalue weighted by Crippen LogP contribution is -2.23. The van der Waals surface area contributed by atoms with Crippen molar-refractivity contribution in [1.29, 1.82) is 0 Å². The van der Waals surface area contributed by atoms with E-state index in [0.717, 1.165) is 28.1 Å². The summed E-state index contributed by atoms with van der Waals surface area (Å²) in [5, 5.41) is 11.5. The molecule has 33 heavy (non-hydrogen) atoms. The Morgan fingerprint density at radius 2 is 1.73 bits per heavy atom. The molecule has 1 unspecified atom stereocenters. The first-order valence-corrected chi connectivity index (χ1v) is 11.2. The number of hydrogen-bond donors (Lipinski definition) is 3. The van der Waals surface area contributed by atoms with Gasteiger partial charge >= 0.3 is 0 Å². The second-order valence-electron chi connectivity index (χ2n) is 8.35. The molecule has 4 aromatic rings. The van der Waals surface area contributed by atoms with Crippen LogP contribution in [0.25, 0.3) is 5.65 Å². The number of rotatable bonds is 9. The third kappa shape index (κ3) is 4.90. The van der Waals surface area contributed by atoms with Crippen LogP contribution in [0.4, 0.5) is 11.9 Å². The molecular formula is C25H31N7O. The average Bonchev–Trinajstić information content (AvgIpc) is 3.27. The van der Waals surface area contributed by atoms with Crippen molar-refractivity contribution in [1.82, 2.24) is 19.6 Å². The number of ether oxygens (including phenoxy) is 1. The summed E-state index contributed by atoms with van der Waals surface area (Å²) >= 11 is 0. The van der Waals surface area contributed by atoms with Gasteiger partial charge in [-0.1, -0.05) is 56.3 Å². The molecule has 2 aromatic heterocycles. The Hall–Kier alpha value is -3.65. The molecule has 8 heteroatoms. The van der Waals surface area contributed by atoms with Crippen molar-refractivity contribution in [2.24, 2.45) is 5.73 Å². The fraction of sp³-hybridized carbons (Fsp3) is 0.320. The van der Waals surface area contributed by atoms with Gasteiger partial charge < -0.3 is 21.1 Å². The lowest BCUT2D eigenvalue weighted by molar-refractivity contribution is 0.414. The minimum absolute atomic E-state index is 0.0304.